The Kier molecular flexibility index (Phi) is 3.84. The number of hydrogen-bond donors (Lipinski definition) is 2. The summed E-state index contributed by atoms with van der Waals surface area (Å²) in [7, 11) is 1.42. The largest absolute Gasteiger partial charge is 0.495 e. The first kappa shape index (κ1) is 13.8. The third-order valence-electron chi connectivity index (χ3n) is 2.67. The van der Waals surface area contributed by atoms with Crippen molar-refractivity contribution in [1.29, 1.82) is 0 Å². The van der Waals surface area contributed by atoms with Crippen LogP contribution < -0.4 is 15.8 Å². The molecule has 0 unspecified atom stereocenters. The summed E-state index contributed by atoms with van der Waals surface area (Å²) in [6.45, 7) is 0. The molecule has 0 aliphatic heterocycles. The van der Waals surface area contributed by atoms with E-state index in [2.05, 4.69) is 5.32 Å². The quantitative estimate of drug-likeness (QED) is 0.848. The van der Waals surface area contributed by atoms with Crippen molar-refractivity contribution in [1.82, 2.24) is 0 Å². The third-order valence-corrected chi connectivity index (χ3v) is 2.67. The number of nitrogens with two attached hydrogens (primary N) is 1. The highest BCUT2D eigenvalue weighted by atomic mass is 19.1. The molecule has 0 saturated heterocycles. The SMILES string of the molecule is COc1cc(C(=O)Nc2ccc(F)cc2F)ccc1N. The molecule has 0 aromatic heterocycles. The smallest absolute Gasteiger partial charge is 0.255 e. The summed E-state index contributed by atoms with van der Waals surface area (Å²) in [5.74, 6) is -1.76. The van der Waals surface area contributed by atoms with Crippen molar-refractivity contribution in [2.24, 2.45) is 0 Å². The van der Waals surface area contributed by atoms with Crippen LogP contribution in [-0.4, -0.2) is 13.0 Å². The van der Waals surface area contributed by atoms with E-state index in [0.717, 1.165) is 12.1 Å². The number of halogens is 2. The number of hydrogen-bond acceptors (Lipinski definition) is 3. The summed E-state index contributed by atoms with van der Waals surface area (Å²) in [5, 5.41) is 2.35. The van der Waals surface area contributed by atoms with Gasteiger partial charge in [-0.1, -0.05) is 0 Å². The van der Waals surface area contributed by atoms with Crippen LogP contribution >= 0.6 is 0 Å². The Labute approximate surface area is 114 Å². The fourth-order valence-electron chi connectivity index (χ4n) is 1.64. The molecule has 0 fully saturated rings. The highest BCUT2D eigenvalue weighted by molar-refractivity contribution is 6.04. The van der Waals surface area contributed by atoms with Crippen LogP contribution in [-0.2, 0) is 0 Å². The molecule has 4 nitrogen and oxygen atoms in total. The van der Waals surface area contributed by atoms with Crippen molar-refractivity contribution in [2.75, 3.05) is 18.2 Å². The molecule has 1 amide bonds. The summed E-state index contributed by atoms with van der Waals surface area (Å²) >= 11 is 0. The second kappa shape index (κ2) is 5.56. The van der Waals surface area contributed by atoms with Gasteiger partial charge in [0.15, 0.2) is 0 Å². The predicted octanol–water partition coefficient (Wildman–Crippen LogP) is 2.81. The summed E-state index contributed by atoms with van der Waals surface area (Å²) in [4.78, 5) is 12.0. The molecular formula is C14H12F2N2O2. The number of carbonyl (C=O) groups excluding carboxylic acids is 1. The van der Waals surface area contributed by atoms with Crippen molar-refractivity contribution >= 4 is 17.3 Å². The monoisotopic (exact) mass is 278 g/mol. The standard InChI is InChI=1S/C14H12F2N2O2/c1-20-13-6-8(2-4-11(13)17)14(19)18-12-5-3-9(15)7-10(12)16/h2-7H,17H2,1H3,(H,18,19). The van der Waals surface area contributed by atoms with Crippen LogP contribution in [0.5, 0.6) is 5.75 Å². The van der Waals surface area contributed by atoms with Crippen LogP contribution in [0.1, 0.15) is 10.4 Å². The fraction of sp³-hybridized carbons (Fsp3) is 0.0714. The number of nitrogen functional groups attached to an aromatic ring is 1. The molecule has 0 saturated carbocycles. The first-order chi connectivity index (χ1) is 9.51. The number of nitrogens with one attached hydrogen (secondary N) is 1. The van der Waals surface area contributed by atoms with Gasteiger partial charge < -0.3 is 15.8 Å². The van der Waals surface area contributed by atoms with E-state index < -0.39 is 17.5 Å². The van der Waals surface area contributed by atoms with E-state index in [1.54, 1.807) is 0 Å². The normalized spacial score (nSPS) is 10.2. The summed E-state index contributed by atoms with van der Waals surface area (Å²) in [6, 6.07) is 7.33. The van der Waals surface area contributed by atoms with Gasteiger partial charge in [-0.15, -0.1) is 0 Å². The van der Waals surface area contributed by atoms with Crippen LogP contribution in [0.3, 0.4) is 0 Å². The van der Waals surface area contributed by atoms with Gasteiger partial charge in [0.05, 0.1) is 18.5 Å². The Morgan fingerprint density at radius 2 is 1.95 bits per heavy atom. The highest BCUT2D eigenvalue weighted by Crippen LogP contribution is 2.23. The van der Waals surface area contributed by atoms with E-state index in [1.807, 2.05) is 0 Å². The molecule has 0 heterocycles. The van der Waals surface area contributed by atoms with E-state index in [1.165, 1.54) is 25.3 Å². The molecule has 0 aliphatic carbocycles. The number of amides is 1. The topological polar surface area (TPSA) is 64.3 Å². The molecule has 3 N–H and O–H groups in total. The first-order valence-electron chi connectivity index (χ1n) is 5.71. The number of carbonyl (C=O) groups is 1. The maximum absolute atomic E-state index is 13.4. The second-order valence-electron chi connectivity index (χ2n) is 4.04. The number of benzene rings is 2. The zero-order chi connectivity index (χ0) is 14.7. The van der Waals surface area contributed by atoms with Crippen LogP contribution in [0.25, 0.3) is 0 Å². The molecule has 20 heavy (non-hydrogen) atoms. The van der Waals surface area contributed by atoms with Crippen LogP contribution in [0.2, 0.25) is 0 Å². The molecule has 0 spiro atoms. The Bertz CT molecular complexity index is 660. The minimum Gasteiger partial charge on any atom is -0.495 e. The lowest BCUT2D eigenvalue weighted by atomic mass is 10.1. The second-order valence-corrected chi connectivity index (χ2v) is 4.04. The minimum atomic E-state index is -0.847. The van der Waals surface area contributed by atoms with E-state index in [-0.39, 0.29) is 11.3 Å². The molecule has 0 aliphatic rings. The van der Waals surface area contributed by atoms with Gasteiger partial charge in [-0.3, -0.25) is 4.79 Å². The Morgan fingerprint density at radius 1 is 1.20 bits per heavy atom. The first-order valence-corrected chi connectivity index (χ1v) is 5.71. The molecule has 0 atom stereocenters. The van der Waals surface area contributed by atoms with Gasteiger partial charge in [0.2, 0.25) is 0 Å². The van der Waals surface area contributed by atoms with Gasteiger partial charge in [0, 0.05) is 11.6 Å². The molecule has 0 bridgehead atoms. The Morgan fingerprint density at radius 3 is 2.60 bits per heavy atom. The van der Waals surface area contributed by atoms with E-state index in [0.29, 0.717) is 17.5 Å². The zero-order valence-electron chi connectivity index (χ0n) is 10.6. The molecule has 2 aromatic rings. The minimum absolute atomic E-state index is 0.104. The van der Waals surface area contributed by atoms with Gasteiger partial charge in [0.25, 0.3) is 5.91 Å². The average molecular weight is 278 g/mol. The average Bonchev–Trinajstić information content (AvgIpc) is 2.42. The fourth-order valence-corrected chi connectivity index (χ4v) is 1.64. The van der Waals surface area contributed by atoms with Gasteiger partial charge >= 0.3 is 0 Å². The predicted molar refractivity (Wildman–Crippen MR) is 71.7 cm³/mol. The molecule has 0 radical (unpaired) electrons. The highest BCUT2D eigenvalue weighted by Gasteiger charge is 2.12. The maximum Gasteiger partial charge on any atom is 0.255 e. The summed E-state index contributed by atoms with van der Waals surface area (Å²) in [6.07, 6.45) is 0. The Balaban J connectivity index is 2.24. The van der Waals surface area contributed by atoms with Gasteiger partial charge in [-0.2, -0.15) is 0 Å². The molecule has 2 rings (SSSR count). The van der Waals surface area contributed by atoms with Crippen LogP contribution in [0.4, 0.5) is 20.2 Å². The van der Waals surface area contributed by atoms with E-state index in [4.69, 9.17) is 10.5 Å². The molecule has 2 aromatic carbocycles. The number of ether oxygens (including phenoxy) is 1. The molecule has 6 heteroatoms. The van der Waals surface area contributed by atoms with Crippen molar-refractivity contribution < 1.29 is 18.3 Å². The number of methoxy groups -OCH3 is 1. The Hall–Kier alpha value is -2.63. The zero-order valence-corrected chi connectivity index (χ0v) is 10.6. The number of anilines is 2. The van der Waals surface area contributed by atoms with Gasteiger partial charge in [-0.25, -0.2) is 8.78 Å². The van der Waals surface area contributed by atoms with Gasteiger partial charge in [0.1, 0.15) is 17.4 Å². The molecule has 104 valence electrons. The van der Waals surface area contributed by atoms with Crippen molar-refractivity contribution in [3.63, 3.8) is 0 Å². The summed E-state index contributed by atoms with van der Waals surface area (Å²) < 4.78 is 31.2. The lowest BCUT2D eigenvalue weighted by Crippen LogP contribution is -2.13. The summed E-state index contributed by atoms with van der Waals surface area (Å²) in [5.41, 5.74) is 6.17. The molecular weight excluding hydrogens is 266 g/mol. The van der Waals surface area contributed by atoms with Crippen molar-refractivity contribution in [3.05, 3.63) is 53.6 Å². The van der Waals surface area contributed by atoms with Crippen molar-refractivity contribution in [3.8, 4) is 5.75 Å². The van der Waals surface area contributed by atoms with Crippen LogP contribution in [0, 0.1) is 11.6 Å². The lowest BCUT2D eigenvalue weighted by molar-refractivity contribution is 0.102. The lowest BCUT2D eigenvalue weighted by Gasteiger charge is -2.09. The van der Waals surface area contributed by atoms with Crippen molar-refractivity contribution in [2.45, 2.75) is 0 Å². The number of rotatable bonds is 3. The van der Waals surface area contributed by atoms with E-state index in [9.17, 15) is 13.6 Å². The van der Waals surface area contributed by atoms with Gasteiger partial charge in [-0.05, 0) is 30.3 Å². The van der Waals surface area contributed by atoms with E-state index >= 15 is 0 Å². The maximum atomic E-state index is 13.4. The van der Waals surface area contributed by atoms with Crippen LogP contribution in [0.15, 0.2) is 36.4 Å². The third kappa shape index (κ3) is 2.85.